The SMILES string of the molecule is Cl.O=C(O)C1CNC2CCCCC21. The lowest BCUT2D eigenvalue weighted by molar-refractivity contribution is -0.142. The van der Waals surface area contributed by atoms with Crippen molar-refractivity contribution in [2.75, 3.05) is 6.54 Å². The van der Waals surface area contributed by atoms with E-state index in [9.17, 15) is 4.79 Å². The standard InChI is InChI=1S/C9H15NO2.ClH/c11-9(12)7-5-10-8-4-2-1-3-6(7)8;/h6-8,10H,1-5H2,(H,11,12);1H. The van der Waals surface area contributed by atoms with Gasteiger partial charge in [0.2, 0.25) is 0 Å². The van der Waals surface area contributed by atoms with Gasteiger partial charge in [0, 0.05) is 12.6 Å². The van der Waals surface area contributed by atoms with Gasteiger partial charge in [-0.3, -0.25) is 4.79 Å². The van der Waals surface area contributed by atoms with Crippen LogP contribution in [0.4, 0.5) is 0 Å². The predicted octanol–water partition coefficient (Wildman–Crippen LogP) is 1.27. The average Bonchev–Trinajstić information content (AvgIpc) is 2.47. The summed E-state index contributed by atoms with van der Waals surface area (Å²) in [7, 11) is 0. The highest BCUT2D eigenvalue weighted by Crippen LogP contribution is 2.34. The maximum Gasteiger partial charge on any atom is 0.308 e. The maximum absolute atomic E-state index is 10.8. The molecule has 76 valence electrons. The van der Waals surface area contributed by atoms with Crippen molar-refractivity contribution in [2.24, 2.45) is 11.8 Å². The molecule has 4 heteroatoms. The van der Waals surface area contributed by atoms with Crippen molar-refractivity contribution in [3.8, 4) is 0 Å². The smallest absolute Gasteiger partial charge is 0.308 e. The van der Waals surface area contributed by atoms with Crippen molar-refractivity contribution in [1.82, 2.24) is 5.32 Å². The first kappa shape index (κ1) is 10.8. The number of rotatable bonds is 1. The number of halogens is 1. The number of carboxylic acids is 1. The molecule has 1 saturated heterocycles. The zero-order valence-corrected chi connectivity index (χ0v) is 8.35. The Hall–Kier alpha value is -0.280. The summed E-state index contributed by atoms with van der Waals surface area (Å²) in [5.74, 6) is -0.316. The minimum Gasteiger partial charge on any atom is -0.481 e. The zero-order chi connectivity index (χ0) is 8.55. The van der Waals surface area contributed by atoms with Gasteiger partial charge in [0.25, 0.3) is 0 Å². The van der Waals surface area contributed by atoms with Gasteiger partial charge < -0.3 is 10.4 Å². The molecule has 1 saturated carbocycles. The highest BCUT2D eigenvalue weighted by Gasteiger charge is 2.40. The molecule has 3 atom stereocenters. The summed E-state index contributed by atoms with van der Waals surface area (Å²) in [5.41, 5.74) is 0. The van der Waals surface area contributed by atoms with Crippen molar-refractivity contribution in [1.29, 1.82) is 0 Å². The largest absolute Gasteiger partial charge is 0.481 e. The Morgan fingerprint density at radius 3 is 2.69 bits per heavy atom. The molecule has 13 heavy (non-hydrogen) atoms. The van der Waals surface area contributed by atoms with E-state index in [0.29, 0.717) is 18.5 Å². The number of nitrogens with one attached hydrogen (secondary N) is 1. The number of carboxylic acid groups (broad SMARTS) is 1. The van der Waals surface area contributed by atoms with E-state index in [1.54, 1.807) is 0 Å². The molecule has 3 nitrogen and oxygen atoms in total. The number of hydrogen-bond donors (Lipinski definition) is 2. The van der Waals surface area contributed by atoms with Crippen LogP contribution in [0.1, 0.15) is 25.7 Å². The van der Waals surface area contributed by atoms with Crippen LogP contribution in [0.15, 0.2) is 0 Å². The molecule has 2 fully saturated rings. The Labute approximate surface area is 84.3 Å². The van der Waals surface area contributed by atoms with Crippen LogP contribution in [0.25, 0.3) is 0 Å². The number of hydrogen-bond acceptors (Lipinski definition) is 2. The molecule has 0 radical (unpaired) electrons. The van der Waals surface area contributed by atoms with Gasteiger partial charge in [-0.15, -0.1) is 12.4 Å². The quantitative estimate of drug-likeness (QED) is 0.678. The third-order valence-corrected chi connectivity index (χ3v) is 3.25. The summed E-state index contributed by atoms with van der Waals surface area (Å²) < 4.78 is 0. The van der Waals surface area contributed by atoms with Crippen molar-refractivity contribution in [2.45, 2.75) is 31.7 Å². The van der Waals surface area contributed by atoms with E-state index >= 15 is 0 Å². The molecule has 0 aromatic carbocycles. The summed E-state index contributed by atoms with van der Waals surface area (Å²) in [4.78, 5) is 10.8. The predicted molar refractivity (Wildman–Crippen MR) is 52.1 cm³/mol. The molecule has 0 aromatic rings. The Morgan fingerprint density at radius 2 is 2.00 bits per heavy atom. The van der Waals surface area contributed by atoms with Crippen LogP contribution in [0.3, 0.4) is 0 Å². The third-order valence-electron chi connectivity index (χ3n) is 3.25. The Kier molecular flexibility index (Phi) is 3.56. The summed E-state index contributed by atoms with van der Waals surface area (Å²) in [6.45, 7) is 0.685. The van der Waals surface area contributed by atoms with Gasteiger partial charge in [-0.05, 0) is 18.8 Å². The lowest BCUT2D eigenvalue weighted by atomic mass is 9.80. The van der Waals surface area contributed by atoms with E-state index in [4.69, 9.17) is 5.11 Å². The highest BCUT2D eigenvalue weighted by molar-refractivity contribution is 5.85. The molecule has 2 N–H and O–H groups in total. The lowest BCUT2D eigenvalue weighted by Crippen LogP contribution is -2.31. The summed E-state index contributed by atoms with van der Waals surface area (Å²) in [6.07, 6.45) is 4.76. The van der Waals surface area contributed by atoms with E-state index in [1.807, 2.05) is 0 Å². The molecule has 0 aromatic heterocycles. The summed E-state index contributed by atoms with van der Waals surface area (Å²) in [5, 5.41) is 12.2. The highest BCUT2D eigenvalue weighted by atomic mass is 35.5. The molecular formula is C9H16ClNO2. The number of fused-ring (bicyclic) bond motifs is 1. The Bertz CT molecular complexity index is 198. The van der Waals surface area contributed by atoms with E-state index in [1.165, 1.54) is 19.3 Å². The van der Waals surface area contributed by atoms with Gasteiger partial charge in [0.15, 0.2) is 0 Å². The number of aliphatic carboxylic acids is 1. The third kappa shape index (κ3) is 1.97. The minimum absolute atomic E-state index is 0. The van der Waals surface area contributed by atoms with Crippen LogP contribution < -0.4 is 5.32 Å². The average molecular weight is 206 g/mol. The monoisotopic (exact) mass is 205 g/mol. The Morgan fingerprint density at radius 1 is 1.31 bits per heavy atom. The second-order valence-corrected chi connectivity index (χ2v) is 3.91. The first-order chi connectivity index (χ1) is 5.79. The molecule has 3 unspecified atom stereocenters. The van der Waals surface area contributed by atoms with Crippen LogP contribution in [-0.4, -0.2) is 23.7 Å². The molecule has 2 rings (SSSR count). The molecule has 1 aliphatic carbocycles. The molecule has 1 aliphatic heterocycles. The molecular weight excluding hydrogens is 190 g/mol. The van der Waals surface area contributed by atoms with Gasteiger partial charge >= 0.3 is 5.97 Å². The second-order valence-electron chi connectivity index (χ2n) is 3.91. The summed E-state index contributed by atoms with van der Waals surface area (Å²) >= 11 is 0. The van der Waals surface area contributed by atoms with Gasteiger partial charge in [0.05, 0.1) is 5.92 Å². The van der Waals surface area contributed by atoms with Crippen LogP contribution >= 0.6 is 12.4 Å². The summed E-state index contributed by atoms with van der Waals surface area (Å²) in [6, 6.07) is 0.500. The first-order valence-corrected chi connectivity index (χ1v) is 4.75. The lowest BCUT2D eigenvalue weighted by Gasteiger charge is -2.26. The van der Waals surface area contributed by atoms with Gasteiger partial charge in [0.1, 0.15) is 0 Å². The minimum atomic E-state index is -0.614. The Balaban J connectivity index is 0.000000845. The van der Waals surface area contributed by atoms with Crippen molar-refractivity contribution in [3.63, 3.8) is 0 Å². The van der Waals surface area contributed by atoms with Crippen LogP contribution in [0.5, 0.6) is 0 Å². The van der Waals surface area contributed by atoms with Crippen LogP contribution in [0, 0.1) is 11.8 Å². The van der Waals surface area contributed by atoms with Crippen molar-refractivity contribution < 1.29 is 9.90 Å². The molecule has 0 bridgehead atoms. The van der Waals surface area contributed by atoms with Gasteiger partial charge in [-0.2, -0.15) is 0 Å². The van der Waals surface area contributed by atoms with Crippen molar-refractivity contribution in [3.05, 3.63) is 0 Å². The zero-order valence-electron chi connectivity index (χ0n) is 7.53. The fourth-order valence-electron chi connectivity index (χ4n) is 2.59. The van der Waals surface area contributed by atoms with Crippen LogP contribution in [0.2, 0.25) is 0 Å². The van der Waals surface area contributed by atoms with Gasteiger partial charge in [-0.25, -0.2) is 0 Å². The van der Waals surface area contributed by atoms with E-state index in [2.05, 4.69) is 5.32 Å². The fraction of sp³-hybridized carbons (Fsp3) is 0.889. The van der Waals surface area contributed by atoms with E-state index in [0.717, 1.165) is 6.42 Å². The normalized spacial score (nSPS) is 37.7. The number of carbonyl (C=O) groups is 1. The fourth-order valence-corrected chi connectivity index (χ4v) is 2.59. The van der Waals surface area contributed by atoms with Crippen LogP contribution in [-0.2, 0) is 4.79 Å². The van der Waals surface area contributed by atoms with E-state index in [-0.39, 0.29) is 18.3 Å². The first-order valence-electron chi connectivity index (χ1n) is 4.75. The molecule has 0 amide bonds. The van der Waals surface area contributed by atoms with Crippen molar-refractivity contribution >= 4 is 18.4 Å². The maximum atomic E-state index is 10.8. The molecule has 2 aliphatic rings. The van der Waals surface area contributed by atoms with Gasteiger partial charge in [-0.1, -0.05) is 12.8 Å². The van der Waals surface area contributed by atoms with E-state index < -0.39 is 5.97 Å². The second kappa shape index (κ2) is 4.29. The molecule has 0 spiro atoms. The molecule has 1 heterocycles. The topological polar surface area (TPSA) is 49.3 Å².